The molecule has 2 amide bonds. The van der Waals surface area contributed by atoms with E-state index in [4.69, 9.17) is 9.47 Å². The van der Waals surface area contributed by atoms with E-state index in [1.165, 1.54) is 4.90 Å². The van der Waals surface area contributed by atoms with Gasteiger partial charge in [-0.15, -0.1) is 0 Å². The smallest absolute Gasteiger partial charge is 0.432 e. The van der Waals surface area contributed by atoms with Crippen LogP contribution in [-0.4, -0.2) is 53.3 Å². The molecule has 1 N–H and O–H groups in total. The summed E-state index contributed by atoms with van der Waals surface area (Å²) in [6.45, 7) is 3.77. The molecular formula is C9H16N2O5. The molecule has 0 saturated carbocycles. The lowest BCUT2D eigenvalue weighted by atomic mass is 10.3. The Morgan fingerprint density at radius 2 is 2.19 bits per heavy atom. The molecule has 1 rings (SSSR count). The van der Waals surface area contributed by atoms with Crippen LogP contribution in [-0.2, 0) is 9.47 Å². The molecule has 1 fully saturated rings. The zero-order chi connectivity index (χ0) is 12.3. The van der Waals surface area contributed by atoms with Gasteiger partial charge in [-0.25, -0.2) is 9.59 Å². The molecule has 0 radical (unpaired) electrons. The molecule has 0 aromatic carbocycles. The van der Waals surface area contributed by atoms with Crippen molar-refractivity contribution in [3.05, 3.63) is 0 Å². The number of hydroxylamine groups is 2. The molecule has 0 aromatic rings. The van der Waals surface area contributed by atoms with Gasteiger partial charge >= 0.3 is 12.2 Å². The van der Waals surface area contributed by atoms with Crippen LogP contribution in [0, 0.1) is 0 Å². The summed E-state index contributed by atoms with van der Waals surface area (Å²) in [5.74, 6) is 0. The summed E-state index contributed by atoms with van der Waals surface area (Å²) in [5.41, 5.74) is 0. The fourth-order valence-electron chi connectivity index (χ4n) is 1.26. The molecule has 1 aliphatic rings. The fraction of sp³-hybridized carbons (Fsp3) is 0.778. The highest BCUT2D eigenvalue weighted by Gasteiger charge is 2.33. The van der Waals surface area contributed by atoms with Gasteiger partial charge in [-0.05, 0) is 13.8 Å². The number of hydrogen-bond donors (Lipinski definition) is 1. The number of hydrogen-bond acceptors (Lipinski definition) is 5. The highest BCUT2D eigenvalue weighted by Crippen LogP contribution is 2.14. The standard InChI is InChI=1S/C9H16N2O5/c1-6(2)15-9(13)16-7-4-5-10(3)8(12)11(7)14/h6-7,14H,4-5H2,1-3H3. The minimum atomic E-state index is -0.977. The molecule has 0 spiro atoms. The van der Waals surface area contributed by atoms with Gasteiger partial charge in [0.2, 0.25) is 6.23 Å². The summed E-state index contributed by atoms with van der Waals surface area (Å²) in [5, 5.41) is 9.79. The van der Waals surface area contributed by atoms with Crippen molar-refractivity contribution < 1.29 is 24.3 Å². The largest absolute Gasteiger partial charge is 0.510 e. The van der Waals surface area contributed by atoms with Gasteiger partial charge in [-0.3, -0.25) is 5.21 Å². The molecular weight excluding hydrogens is 216 g/mol. The van der Waals surface area contributed by atoms with E-state index in [0.29, 0.717) is 18.0 Å². The Morgan fingerprint density at radius 1 is 1.56 bits per heavy atom. The van der Waals surface area contributed by atoms with Gasteiger partial charge in [-0.1, -0.05) is 0 Å². The lowest BCUT2D eigenvalue weighted by Crippen LogP contribution is -2.52. The van der Waals surface area contributed by atoms with Crippen LogP contribution in [0.15, 0.2) is 0 Å². The normalized spacial score (nSPS) is 21.3. The molecule has 1 aliphatic heterocycles. The van der Waals surface area contributed by atoms with E-state index < -0.39 is 18.4 Å². The first kappa shape index (κ1) is 12.6. The topological polar surface area (TPSA) is 79.3 Å². The Balaban J connectivity index is 2.49. The second-order valence-electron chi connectivity index (χ2n) is 3.83. The van der Waals surface area contributed by atoms with E-state index in [9.17, 15) is 14.8 Å². The molecule has 0 aromatic heterocycles. The quantitative estimate of drug-likeness (QED) is 0.568. The SMILES string of the molecule is CC(C)OC(=O)OC1CCN(C)C(=O)N1O. The molecule has 92 valence electrons. The van der Waals surface area contributed by atoms with Gasteiger partial charge in [0.05, 0.1) is 6.10 Å². The van der Waals surface area contributed by atoms with Crippen molar-refractivity contribution in [3.63, 3.8) is 0 Å². The second kappa shape index (κ2) is 5.02. The van der Waals surface area contributed by atoms with Crippen LogP contribution >= 0.6 is 0 Å². The summed E-state index contributed by atoms with van der Waals surface area (Å²) in [7, 11) is 1.55. The minimum Gasteiger partial charge on any atom is -0.432 e. The van der Waals surface area contributed by atoms with Crippen molar-refractivity contribution in [3.8, 4) is 0 Å². The van der Waals surface area contributed by atoms with E-state index in [0.717, 1.165) is 0 Å². The number of urea groups is 1. The number of nitrogens with zero attached hydrogens (tertiary/aromatic N) is 2. The van der Waals surface area contributed by atoms with Crippen molar-refractivity contribution in [2.24, 2.45) is 0 Å². The van der Waals surface area contributed by atoms with Crippen LogP contribution in [0.3, 0.4) is 0 Å². The van der Waals surface area contributed by atoms with Gasteiger partial charge in [0.25, 0.3) is 0 Å². The first-order valence-electron chi connectivity index (χ1n) is 5.02. The van der Waals surface area contributed by atoms with Crippen molar-refractivity contribution in [1.29, 1.82) is 0 Å². The average Bonchev–Trinajstić information content (AvgIpc) is 2.18. The zero-order valence-corrected chi connectivity index (χ0v) is 9.54. The summed E-state index contributed by atoms with van der Waals surface area (Å²) in [4.78, 5) is 23.8. The van der Waals surface area contributed by atoms with E-state index >= 15 is 0 Å². The Labute approximate surface area is 93.5 Å². The molecule has 0 bridgehead atoms. The predicted molar refractivity (Wildman–Crippen MR) is 52.8 cm³/mol. The summed E-state index contributed by atoms with van der Waals surface area (Å²) < 4.78 is 9.54. The van der Waals surface area contributed by atoms with Gasteiger partial charge in [0, 0.05) is 20.0 Å². The third-order valence-corrected chi connectivity index (χ3v) is 2.07. The molecule has 1 saturated heterocycles. The number of rotatable bonds is 2. The third-order valence-electron chi connectivity index (χ3n) is 2.07. The van der Waals surface area contributed by atoms with Crippen LogP contribution in [0.25, 0.3) is 0 Å². The lowest BCUT2D eigenvalue weighted by Gasteiger charge is -2.34. The molecule has 1 unspecified atom stereocenters. The maximum atomic E-state index is 11.3. The number of carbonyl (C=O) groups excluding carboxylic acids is 2. The molecule has 0 aliphatic carbocycles. The Bertz CT molecular complexity index is 281. The van der Waals surface area contributed by atoms with Crippen molar-refractivity contribution >= 4 is 12.2 Å². The highest BCUT2D eigenvalue weighted by atomic mass is 16.8. The van der Waals surface area contributed by atoms with Gasteiger partial charge < -0.3 is 14.4 Å². The van der Waals surface area contributed by atoms with Gasteiger partial charge in [-0.2, -0.15) is 5.06 Å². The van der Waals surface area contributed by atoms with Crippen LogP contribution in [0.1, 0.15) is 20.3 Å². The third kappa shape index (κ3) is 2.99. The van der Waals surface area contributed by atoms with E-state index in [-0.39, 0.29) is 6.10 Å². The maximum absolute atomic E-state index is 11.3. The van der Waals surface area contributed by atoms with E-state index in [1.54, 1.807) is 20.9 Å². The van der Waals surface area contributed by atoms with E-state index in [2.05, 4.69) is 0 Å². The summed E-state index contributed by atoms with van der Waals surface area (Å²) >= 11 is 0. The summed E-state index contributed by atoms with van der Waals surface area (Å²) in [6, 6.07) is -0.603. The molecule has 1 heterocycles. The van der Waals surface area contributed by atoms with Crippen molar-refractivity contribution in [2.45, 2.75) is 32.6 Å². The van der Waals surface area contributed by atoms with Crippen LogP contribution in [0.4, 0.5) is 9.59 Å². The Hall–Kier alpha value is -1.50. The van der Waals surface area contributed by atoms with Crippen LogP contribution in [0.5, 0.6) is 0 Å². The first-order chi connectivity index (χ1) is 7.41. The highest BCUT2D eigenvalue weighted by molar-refractivity contribution is 5.74. The summed E-state index contributed by atoms with van der Waals surface area (Å²) in [6.07, 6.45) is -1.83. The Morgan fingerprint density at radius 3 is 2.75 bits per heavy atom. The molecule has 7 nitrogen and oxygen atoms in total. The molecule has 16 heavy (non-hydrogen) atoms. The van der Waals surface area contributed by atoms with Crippen molar-refractivity contribution in [2.75, 3.05) is 13.6 Å². The van der Waals surface area contributed by atoms with Crippen LogP contribution < -0.4 is 0 Å². The average molecular weight is 232 g/mol. The van der Waals surface area contributed by atoms with Crippen LogP contribution in [0.2, 0.25) is 0 Å². The Kier molecular flexibility index (Phi) is 3.94. The molecule has 1 atom stereocenters. The monoisotopic (exact) mass is 232 g/mol. The lowest BCUT2D eigenvalue weighted by molar-refractivity contribution is -0.185. The maximum Gasteiger partial charge on any atom is 0.510 e. The van der Waals surface area contributed by atoms with E-state index in [1.807, 2.05) is 0 Å². The number of amides is 2. The molecule has 7 heteroatoms. The number of ether oxygens (including phenoxy) is 2. The zero-order valence-electron chi connectivity index (χ0n) is 9.54. The first-order valence-corrected chi connectivity index (χ1v) is 5.02. The minimum absolute atomic E-state index is 0.304. The van der Waals surface area contributed by atoms with Crippen molar-refractivity contribution in [1.82, 2.24) is 9.96 Å². The second-order valence-corrected chi connectivity index (χ2v) is 3.83. The fourth-order valence-corrected chi connectivity index (χ4v) is 1.26. The van der Waals surface area contributed by atoms with Gasteiger partial charge in [0.15, 0.2) is 0 Å². The van der Waals surface area contributed by atoms with Gasteiger partial charge in [0.1, 0.15) is 0 Å². The predicted octanol–water partition coefficient (Wildman–Crippen LogP) is 1.02. The number of carbonyl (C=O) groups is 2.